The van der Waals surface area contributed by atoms with Gasteiger partial charge in [0.15, 0.2) is 0 Å². The number of ether oxygens (including phenoxy) is 1. The molecule has 2 aromatic rings. The van der Waals surface area contributed by atoms with Crippen molar-refractivity contribution in [3.63, 3.8) is 0 Å². The molecule has 2 aromatic carbocycles. The fraction of sp³-hybridized carbons (Fsp3) is 0.294. The predicted molar refractivity (Wildman–Crippen MR) is 83.9 cm³/mol. The van der Waals surface area contributed by atoms with E-state index in [1.165, 1.54) is 23.8 Å². The molecule has 22 heavy (non-hydrogen) atoms. The third-order valence-electron chi connectivity index (χ3n) is 3.65. The van der Waals surface area contributed by atoms with E-state index in [9.17, 15) is 13.0 Å². The van der Waals surface area contributed by atoms with E-state index in [1.54, 1.807) is 6.07 Å². The molecule has 0 radical (unpaired) electrons. The Balaban J connectivity index is 2.04. The highest BCUT2D eigenvalue weighted by Crippen LogP contribution is 2.22. The summed E-state index contributed by atoms with van der Waals surface area (Å²) in [6, 6.07) is 13.7. The molecule has 0 N–H and O–H groups in total. The van der Waals surface area contributed by atoms with E-state index in [4.69, 9.17) is 4.74 Å². The van der Waals surface area contributed by atoms with Crippen LogP contribution in [0.5, 0.6) is 5.75 Å². The molecule has 1 unspecified atom stereocenters. The molecule has 1 atom stereocenters. The molecule has 0 aliphatic rings. The molecule has 0 saturated carbocycles. The monoisotopic (exact) mass is 319 g/mol. The van der Waals surface area contributed by atoms with Gasteiger partial charge in [0.25, 0.3) is 0 Å². The first-order valence-corrected chi connectivity index (χ1v) is 8.58. The van der Waals surface area contributed by atoms with Crippen LogP contribution < -0.4 is 4.74 Å². The minimum absolute atomic E-state index is 0.214. The maximum absolute atomic E-state index is 11.0. The van der Waals surface area contributed by atoms with Gasteiger partial charge in [-0.25, -0.2) is 8.42 Å². The molecule has 0 heterocycles. The van der Waals surface area contributed by atoms with Gasteiger partial charge in [-0.15, -0.1) is 0 Å². The highest BCUT2D eigenvalue weighted by atomic mass is 32.2. The van der Waals surface area contributed by atoms with Crippen LogP contribution in [-0.2, 0) is 16.7 Å². The Morgan fingerprint density at radius 2 is 1.82 bits per heavy atom. The lowest BCUT2D eigenvalue weighted by atomic mass is 9.99. The predicted octanol–water partition coefficient (Wildman–Crippen LogP) is 3.68. The van der Waals surface area contributed by atoms with Crippen LogP contribution in [0.4, 0.5) is 0 Å². The maximum Gasteiger partial charge on any atom is 0.124 e. The topological polar surface area (TPSA) is 66.4 Å². The van der Waals surface area contributed by atoms with Crippen molar-refractivity contribution >= 4 is 10.1 Å². The van der Waals surface area contributed by atoms with Crippen molar-refractivity contribution in [3.05, 3.63) is 59.7 Å². The summed E-state index contributed by atoms with van der Waals surface area (Å²) >= 11 is 0. The van der Waals surface area contributed by atoms with Crippen LogP contribution in [-0.4, -0.2) is 13.0 Å². The minimum atomic E-state index is -4.43. The summed E-state index contributed by atoms with van der Waals surface area (Å²) in [7, 11) is -4.43. The minimum Gasteiger partial charge on any atom is -0.744 e. The normalized spacial score (nSPS) is 12.9. The van der Waals surface area contributed by atoms with Crippen molar-refractivity contribution < 1.29 is 17.7 Å². The first-order valence-electron chi connectivity index (χ1n) is 7.17. The molecule has 118 valence electrons. The average Bonchev–Trinajstić information content (AvgIpc) is 2.52. The number of hydrogen-bond acceptors (Lipinski definition) is 4. The van der Waals surface area contributed by atoms with Gasteiger partial charge in [0, 0.05) is 0 Å². The fourth-order valence-electron chi connectivity index (χ4n) is 2.09. The van der Waals surface area contributed by atoms with Gasteiger partial charge in [0.1, 0.15) is 22.5 Å². The first-order chi connectivity index (χ1) is 10.4. The SMILES string of the molecule is CCC(C)c1ccc(OCc2cccc(S(=O)(=O)[O-])c2)cc1. The molecule has 0 aliphatic carbocycles. The molecule has 0 fully saturated rings. The summed E-state index contributed by atoms with van der Waals surface area (Å²) in [6.45, 7) is 4.53. The van der Waals surface area contributed by atoms with E-state index in [2.05, 4.69) is 13.8 Å². The van der Waals surface area contributed by atoms with Gasteiger partial charge in [0.05, 0.1) is 4.90 Å². The zero-order valence-corrected chi connectivity index (χ0v) is 13.5. The van der Waals surface area contributed by atoms with Crippen molar-refractivity contribution in [1.82, 2.24) is 0 Å². The molecule has 0 saturated heterocycles. The largest absolute Gasteiger partial charge is 0.744 e. The van der Waals surface area contributed by atoms with E-state index in [1.807, 2.05) is 24.3 Å². The fourth-order valence-corrected chi connectivity index (χ4v) is 2.63. The lowest BCUT2D eigenvalue weighted by Crippen LogP contribution is -2.01. The van der Waals surface area contributed by atoms with Crippen molar-refractivity contribution in [2.45, 2.75) is 37.7 Å². The Kier molecular flexibility index (Phi) is 5.21. The Labute approximate surface area is 131 Å². The van der Waals surface area contributed by atoms with E-state index in [0.29, 0.717) is 17.2 Å². The molecule has 0 aromatic heterocycles. The second kappa shape index (κ2) is 6.94. The third kappa shape index (κ3) is 4.32. The molecular formula is C17H19O4S-. The Morgan fingerprint density at radius 3 is 2.41 bits per heavy atom. The van der Waals surface area contributed by atoms with Crippen LogP contribution >= 0.6 is 0 Å². The van der Waals surface area contributed by atoms with Crippen LogP contribution in [0, 0.1) is 0 Å². The molecule has 0 spiro atoms. The van der Waals surface area contributed by atoms with Crippen LogP contribution in [0.25, 0.3) is 0 Å². The van der Waals surface area contributed by atoms with E-state index in [-0.39, 0.29) is 11.5 Å². The smallest absolute Gasteiger partial charge is 0.124 e. The van der Waals surface area contributed by atoms with Crippen LogP contribution in [0.3, 0.4) is 0 Å². The zero-order chi connectivity index (χ0) is 16.2. The van der Waals surface area contributed by atoms with Crippen LogP contribution in [0.2, 0.25) is 0 Å². The van der Waals surface area contributed by atoms with Crippen molar-refractivity contribution in [2.75, 3.05) is 0 Å². The zero-order valence-electron chi connectivity index (χ0n) is 12.7. The number of hydrogen-bond donors (Lipinski definition) is 0. The molecule has 4 nitrogen and oxygen atoms in total. The van der Waals surface area contributed by atoms with Crippen molar-refractivity contribution in [2.24, 2.45) is 0 Å². The maximum atomic E-state index is 11.0. The van der Waals surface area contributed by atoms with E-state index in [0.717, 1.165) is 6.42 Å². The molecular weight excluding hydrogens is 300 g/mol. The highest BCUT2D eigenvalue weighted by molar-refractivity contribution is 7.85. The van der Waals surface area contributed by atoms with Gasteiger partial charge in [0.2, 0.25) is 0 Å². The van der Waals surface area contributed by atoms with Gasteiger partial charge in [-0.1, -0.05) is 38.1 Å². The van der Waals surface area contributed by atoms with Gasteiger partial charge < -0.3 is 9.29 Å². The summed E-state index contributed by atoms with van der Waals surface area (Å²) in [5, 5.41) is 0. The second-order valence-electron chi connectivity index (χ2n) is 5.27. The lowest BCUT2D eigenvalue weighted by Gasteiger charge is -2.12. The Bertz CT molecular complexity index is 721. The van der Waals surface area contributed by atoms with Crippen molar-refractivity contribution in [3.8, 4) is 5.75 Å². The van der Waals surface area contributed by atoms with Gasteiger partial charge in [-0.05, 0) is 47.7 Å². The van der Waals surface area contributed by atoms with Crippen molar-refractivity contribution in [1.29, 1.82) is 0 Å². The Hall–Kier alpha value is -1.85. The molecule has 5 heteroatoms. The Morgan fingerprint density at radius 1 is 1.14 bits per heavy atom. The quantitative estimate of drug-likeness (QED) is 0.762. The summed E-state index contributed by atoms with van der Waals surface area (Å²) in [6.07, 6.45) is 1.08. The van der Waals surface area contributed by atoms with Crippen LogP contribution in [0.1, 0.15) is 37.3 Å². The lowest BCUT2D eigenvalue weighted by molar-refractivity contribution is 0.305. The number of benzene rings is 2. The summed E-state index contributed by atoms with van der Waals surface area (Å²) in [5.74, 6) is 1.22. The van der Waals surface area contributed by atoms with Crippen LogP contribution in [0.15, 0.2) is 53.4 Å². The van der Waals surface area contributed by atoms with E-state index >= 15 is 0 Å². The van der Waals surface area contributed by atoms with Gasteiger partial charge in [-0.3, -0.25) is 0 Å². The van der Waals surface area contributed by atoms with Gasteiger partial charge >= 0.3 is 0 Å². The second-order valence-corrected chi connectivity index (χ2v) is 6.65. The standard InChI is InChI=1S/C17H20O4S/c1-3-13(2)15-7-9-16(10-8-15)21-12-14-5-4-6-17(11-14)22(18,19)20/h4-11,13H,3,12H2,1-2H3,(H,18,19,20)/p-1. The molecule has 0 aliphatic heterocycles. The summed E-state index contributed by atoms with van der Waals surface area (Å²) in [5.41, 5.74) is 1.90. The first kappa shape index (κ1) is 16.5. The summed E-state index contributed by atoms with van der Waals surface area (Å²) in [4.78, 5) is -0.235. The van der Waals surface area contributed by atoms with Gasteiger partial charge in [-0.2, -0.15) is 0 Å². The average molecular weight is 319 g/mol. The van der Waals surface area contributed by atoms with E-state index < -0.39 is 10.1 Å². The molecule has 2 rings (SSSR count). The molecule has 0 amide bonds. The third-order valence-corrected chi connectivity index (χ3v) is 4.49. The highest BCUT2D eigenvalue weighted by Gasteiger charge is 2.05. The summed E-state index contributed by atoms with van der Waals surface area (Å²) < 4.78 is 38.6. The number of rotatable bonds is 6. The molecule has 0 bridgehead atoms.